The maximum atomic E-state index is 13.0. The molecule has 8 nitrogen and oxygen atoms in total. The maximum Gasteiger partial charge on any atom is 0.247 e. The van der Waals surface area contributed by atoms with Crippen molar-refractivity contribution in [2.45, 2.75) is 38.4 Å². The van der Waals surface area contributed by atoms with Crippen molar-refractivity contribution in [3.05, 3.63) is 75.9 Å². The lowest BCUT2D eigenvalue weighted by Crippen LogP contribution is -2.33. The molecule has 1 amide bonds. The summed E-state index contributed by atoms with van der Waals surface area (Å²) in [5, 5.41) is 13.7. The number of carbonyl (C=O) groups is 1. The minimum atomic E-state index is -0.129. The molecule has 2 heterocycles. The first-order valence-corrected chi connectivity index (χ1v) is 10.8. The lowest BCUT2D eigenvalue weighted by Gasteiger charge is -2.21. The van der Waals surface area contributed by atoms with E-state index in [2.05, 4.69) is 15.3 Å². The Bertz CT molecular complexity index is 1330. The van der Waals surface area contributed by atoms with Gasteiger partial charge in [0.25, 0.3) is 0 Å². The van der Waals surface area contributed by atoms with Crippen LogP contribution in [-0.2, 0) is 17.9 Å². The predicted octanol–water partition coefficient (Wildman–Crippen LogP) is 3.68. The van der Waals surface area contributed by atoms with Crippen molar-refractivity contribution in [2.24, 2.45) is 0 Å². The van der Waals surface area contributed by atoms with E-state index in [0.717, 1.165) is 23.9 Å². The van der Waals surface area contributed by atoms with E-state index < -0.39 is 0 Å². The van der Waals surface area contributed by atoms with E-state index in [1.165, 1.54) is 6.20 Å². The van der Waals surface area contributed by atoms with E-state index >= 15 is 0 Å². The largest absolute Gasteiger partial charge is 0.419 e. The fourth-order valence-electron chi connectivity index (χ4n) is 3.66. The molecule has 0 aliphatic heterocycles. The molecule has 0 radical (unpaired) electrons. The first kappa shape index (κ1) is 20.4. The number of aryl methyl sites for hydroxylation is 1. The van der Waals surface area contributed by atoms with E-state index in [9.17, 15) is 9.59 Å². The van der Waals surface area contributed by atoms with Gasteiger partial charge in [-0.15, -0.1) is 10.2 Å². The molecule has 5 rings (SSSR count). The van der Waals surface area contributed by atoms with Crippen molar-refractivity contribution < 1.29 is 9.21 Å². The second-order valence-corrected chi connectivity index (χ2v) is 8.20. The third-order valence-electron chi connectivity index (χ3n) is 5.47. The van der Waals surface area contributed by atoms with Gasteiger partial charge in [0.2, 0.25) is 23.1 Å². The highest BCUT2D eigenvalue weighted by Crippen LogP contribution is 2.29. The quantitative estimate of drug-likeness (QED) is 0.427. The molecule has 1 aliphatic carbocycles. The molecule has 0 saturated heterocycles. The van der Waals surface area contributed by atoms with Crippen LogP contribution in [0.3, 0.4) is 0 Å². The van der Waals surface area contributed by atoms with E-state index in [4.69, 9.17) is 16.0 Å². The molecule has 2 aromatic heterocycles. The second-order valence-electron chi connectivity index (χ2n) is 7.76. The van der Waals surface area contributed by atoms with Crippen LogP contribution >= 0.6 is 11.6 Å². The van der Waals surface area contributed by atoms with Gasteiger partial charge in [-0.1, -0.05) is 23.7 Å². The average molecular weight is 450 g/mol. The summed E-state index contributed by atoms with van der Waals surface area (Å²) in [7, 11) is 0. The fraction of sp³-hybridized carbons (Fsp3) is 0.261. The van der Waals surface area contributed by atoms with Crippen molar-refractivity contribution in [1.29, 1.82) is 0 Å². The smallest absolute Gasteiger partial charge is 0.247 e. The summed E-state index contributed by atoms with van der Waals surface area (Å²) >= 11 is 5.93. The minimum Gasteiger partial charge on any atom is -0.419 e. The zero-order valence-electron chi connectivity index (χ0n) is 17.1. The summed E-state index contributed by atoms with van der Waals surface area (Å²) in [6, 6.07) is 14.6. The number of fused-ring (bicyclic) bond motifs is 1. The summed E-state index contributed by atoms with van der Waals surface area (Å²) in [5.74, 6) is 0.772. The standard InChI is InChI=1S/C23H20ClN5O3/c24-16-7-5-15(6-8-16)23-27-26-21(32-23)14-28(17-9-10-17)22(31)11-12-29-19-4-2-1-3-18(19)20(30)13-25-29/h1-8,13,17H,9-12,14H2. The number of rotatable bonds is 7. The molecule has 2 aromatic carbocycles. The molecule has 4 aromatic rings. The van der Waals surface area contributed by atoms with Crippen LogP contribution in [0.5, 0.6) is 0 Å². The SMILES string of the molecule is O=C(CCn1ncc(=O)c2ccccc21)N(Cc1nnc(-c2ccc(Cl)cc2)o1)C1CC1. The normalized spacial score (nSPS) is 13.4. The van der Waals surface area contributed by atoms with Crippen LogP contribution in [0.25, 0.3) is 22.4 Å². The Hall–Kier alpha value is -3.52. The Morgan fingerprint density at radius 3 is 2.69 bits per heavy atom. The van der Waals surface area contributed by atoms with E-state index in [1.807, 2.05) is 30.3 Å². The molecule has 1 saturated carbocycles. The number of benzene rings is 2. The van der Waals surface area contributed by atoms with Crippen LogP contribution in [0.15, 0.2) is 63.9 Å². The number of hydrogen-bond donors (Lipinski definition) is 0. The van der Waals surface area contributed by atoms with Crippen molar-refractivity contribution in [1.82, 2.24) is 24.9 Å². The lowest BCUT2D eigenvalue weighted by atomic mass is 10.2. The second kappa shape index (κ2) is 8.55. The Kier molecular flexibility index (Phi) is 5.45. The molecule has 0 bridgehead atoms. The molecule has 9 heteroatoms. The molecular formula is C23H20ClN5O3. The number of aromatic nitrogens is 4. The molecule has 162 valence electrons. The molecule has 0 N–H and O–H groups in total. The van der Waals surface area contributed by atoms with Gasteiger partial charge in [0.1, 0.15) is 0 Å². The Labute approximate surface area is 188 Å². The van der Waals surface area contributed by atoms with Gasteiger partial charge in [-0.3, -0.25) is 14.3 Å². The lowest BCUT2D eigenvalue weighted by molar-refractivity contribution is -0.133. The molecule has 32 heavy (non-hydrogen) atoms. The third-order valence-corrected chi connectivity index (χ3v) is 5.72. The highest BCUT2D eigenvalue weighted by molar-refractivity contribution is 6.30. The molecule has 1 fully saturated rings. The summed E-state index contributed by atoms with van der Waals surface area (Å²) in [6.45, 7) is 0.644. The zero-order valence-corrected chi connectivity index (χ0v) is 17.9. The molecule has 0 atom stereocenters. The van der Waals surface area contributed by atoms with Crippen LogP contribution in [0.1, 0.15) is 25.2 Å². The Morgan fingerprint density at radius 1 is 1.12 bits per heavy atom. The number of para-hydroxylation sites is 1. The monoisotopic (exact) mass is 449 g/mol. The molecule has 0 spiro atoms. The van der Waals surface area contributed by atoms with E-state index in [-0.39, 0.29) is 30.3 Å². The average Bonchev–Trinajstić information content (AvgIpc) is 3.55. The Morgan fingerprint density at radius 2 is 1.91 bits per heavy atom. The van der Waals surface area contributed by atoms with Gasteiger partial charge in [0.05, 0.1) is 24.8 Å². The molecular weight excluding hydrogens is 430 g/mol. The summed E-state index contributed by atoms with van der Waals surface area (Å²) in [4.78, 5) is 26.9. The molecule has 1 aliphatic rings. The van der Waals surface area contributed by atoms with Crippen molar-refractivity contribution >= 4 is 28.4 Å². The molecule has 0 unspecified atom stereocenters. The summed E-state index contributed by atoms with van der Waals surface area (Å²) < 4.78 is 7.49. The number of nitrogens with zero attached hydrogens (tertiary/aromatic N) is 5. The minimum absolute atomic E-state index is 0.0108. The van der Waals surface area contributed by atoms with E-state index in [0.29, 0.717) is 28.7 Å². The van der Waals surface area contributed by atoms with Crippen LogP contribution in [0.4, 0.5) is 0 Å². The van der Waals surface area contributed by atoms with Crippen molar-refractivity contribution in [2.75, 3.05) is 0 Å². The van der Waals surface area contributed by atoms with Crippen LogP contribution in [0.2, 0.25) is 5.02 Å². The third kappa shape index (κ3) is 4.27. The highest BCUT2D eigenvalue weighted by atomic mass is 35.5. The number of halogens is 1. The van der Waals surface area contributed by atoms with Gasteiger partial charge in [0.15, 0.2) is 0 Å². The first-order valence-electron chi connectivity index (χ1n) is 10.4. The van der Waals surface area contributed by atoms with Crippen molar-refractivity contribution in [3.63, 3.8) is 0 Å². The number of carbonyl (C=O) groups excluding carboxylic acids is 1. The van der Waals surface area contributed by atoms with Gasteiger partial charge in [0, 0.05) is 28.4 Å². The van der Waals surface area contributed by atoms with E-state index in [1.54, 1.807) is 27.8 Å². The first-order chi connectivity index (χ1) is 15.6. The van der Waals surface area contributed by atoms with Gasteiger partial charge in [-0.05, 0) is 49.2 Å². The predicted molar refractivity (Wildman–Crippen MR) is 119 cm³/mol. The van der Waals surface area contributed by atoms with Gasteiger partial charge < -0.3 is 9.32 Å². The van der Waals surface area contributed by atoms with Crippen LogP contribution in [0, 0.1) is 0 Å². The summed E-state index contributed by atoms with van der Waals surface area (Å²) in [6.07, 6.45) is 3.48. The van der Waals surface area contributed by atoms with Gasteiger partial charge >= 0.3 is 0 Å². The number of hydrogen-bond acceptors (Lipinski definition) is 6. The Balaban J connectivity index is 1.29. The topological polar surface area (TPSA) is 94.1 Å². The van der Waals surface area contributed by atoms with Crippen LogP contribution in [-0.4, -0.2) is 36.8 Å². The van der Waals surface area contributed by atoms with Gasteiger partial charge in [-0.25, -0.2) is 0 Å². The summed E-state index contributed by atoms with van der Waals surface area (Å²) in [5.41, 5.74) is 1.36. The van der Waals surface area contributed by atoms with Gasteiger partial charge in [-0.2, -0.15) is 5.10 Å². The van der Waals surface area contributed by atoms with Crippen molar-refractivity contribution in [3.8, 4) is 11.5 Å². The number of amides is 1. The fourth-order valence-corrected chi connectivity index (χ4v) is 3.79. The van der Waals surface area contributed by atoms with Crippen LogP contribution < -0.4 is 5.43 Å². The zero-order chi connectivity index (χ0) is 22.1. The highest BCUT2D eigenvalue weighted by Gasteiger charge is 2.33. The maximum absolute atomic E-state index is 13.0.